The molecule has 0 aromatic heterocycles. The summed E-state index contributed by atoms with van der Waals surface area (Å²) >= 11 is 0. The molecule has 21 heavy (non-hydrogen) atoms. The fraction of sp³-hybridized carbons (Fsp3) is 0.500. The van der Waals surface area contributed by atoms with E-state index >= 15 is 0 Å². The van der Waals surface area contributed by atoms with Crippen LogP contribution in [-0.2, 0) is 4.79 Å². The zero-order valence-corrected chi connectivity index (χ0v) is 13.3. The molecule has 5 heteroatoms. The van der Waals surface area contributed by atoms with Crippen LogP contribution in [0.25, 0.3) is 0 Å². The SMILES string of the molecule is CCN(CC)[C@@H](C)CNC(=O)c1ccc(NC(C)=O)cc1. The second kappa shape index (κ2) is 8.42. The second-order valence-electron chi connectivity index (χ2n) is 5.04. The maximum Gasteiger partial charge on any atom is 0.251 e. The van der Waals surface area contributed by atoms with Crippen molar-refractivity contribution in [1.29, 1.82) is 0 Å². The molecule has 5 nitrogen and oxygen atoms in total. The largest absolute Gasteiger partial charge is 0.350 e. The lowest BCUT2D eigenvalue weighted by molar-refractivity contribution is -0.114. The molecule has 0 aliphatic heterocycles. The first kappa shape index (κ1) is 17.2. The van der Waals surface area contributed by atoms with E-state index in [-0.39, 0.29) is 11.8 Å². The molecule has 0 aliphatic rings. The first-order valence-corrected chi connectivity index (χ1v) is 7.37. The van der Waals surface area contributed by atoms with E-state index in [2.05, 4.69) is 36.3 Å². The van der Waals surface area contributed by atoms with E-state index in [0.29, 0.717) is 23.8 Å². The Morgan fingerprint density at radius 2 is 1.71 bits per heavy atom. The summed E-state index contributed by atoms with van der Waals surface area (Å²) in [6, 6.07) is 7.18. The van der Waals surface area contributed by atoms with Crippen molar-refractivity contribution < 1.29 is 9.59 Å². The molecular weight excluding hydrogens is 266 g/mol. The Labute approximate surface area is 126 Å². The van der Waals surface area contributed by atoms with Gasteiger partial charge in [0.05, 0.1) is 0 Å². The Kier molecular flexibility index (Phi) is 6.88. The molecule has 0 heterocycles. The molecule has 0 aliphatic carbocycles. The first-order chi connectivity index (χ1) is 9.97. The number of carbonyl (C=O) groups excluding carboxylic acids is 2. The third-order valence-corrected chi connectivity index (χ3v) is 3.46. The van der Waals surface area contributed by atoms with Crippen molar-refractivity contribution in [2.24, 2.45) is 0 Å². The van der Waals surface area contributed by atoms with Crippen molar-refractivity contribution in [2.75, 3.05) is 25.0 Å². The standard InChI is InChI=1S/C16H25N3O2/c1-5-19(6-2)12(3)11-17-16(21)14-7-9-15(10-8-14)18-13(4)20/h7-10,12H,5-6,11H2,1-4H3,(H,17,21)(H,18,20)/t12-/m0/s1. The van der Waals surface area contributed by atoms with Crippen molar-refractivity contribution in [3.63, 3.8) is 0 Å². The van der Waals surface area contributed by atoms with Crippen molar-refractivity contribution in [3.05, 3.63) is 29.8 Å². The summed E-state index contributed by atoms with van der Waals surface area (Å²) in [5, 5.41) is 5.61. The highest BCUT2D eigenvalue weighted by molar-refractivity contribution is 5.95. The zero-order valence-electron chi connectivity index (χ0n) is 13.3. The molecule has 2 amide bonds. The minimum atomic E-state index is -0.125. The van der Waals surface area contributed by atoms with E-state index in [1.54, 1.807) is 24.3 Å². The number of carbonyl (C=O) groups is 2. The molecule has 1 aromatic carbocycles. The van der Waals surface area contributed by atoms with Gasteiger partial charge >= 0.3 is 0 Å². The fourth-order valence-corrected chi connectivity index (χ4v) is 2.23. The van der Waals surface area contributed by atoms with Crippen LogP contribution in [0.1, 0.15) is 38.1 Å². The molecule has 0 radical (unpaired) electrons. The van der Waals surface area contributed by atoms with Crippen LogP contribution in [0.5, 0.6) is 0 Å². The second-order valence-corrected chi connectivity index (χ2v) is 5.04. The number of hydrogen-bond donors (Lipinski definition) is 2. The molecule has 0 spiro atoms. The maximum absolute atomic E-state index is 12.1. The summed E-state index contributed by atoms with van der Waals surface area (Å²) in [5.74, 6) is -0.219. The highest BCUT2D eigenvalue weighted by Gasteiger charge is 2.12. The average Bonchev–Trinajstić information content (AvgIpc) is 2.46. The molecule has 0 saturated carbocycles. The number of hydrogen-bond acceptors (Lipinski definition) is 3. The van der Waals surface area contributed by atoms with E-state index in [9.17, 15) is 9.59 Å². The molecule has 0 saturated heterocycles. The smallest absolute Gasteiger partial charge is 0.251 e. The van der Waals surface area contributed by atoms with Gasteiger partial charge < -0.3 is 10.6 Å². The summed E-state index contributed by atoms with van der Waals surface area (Å²) in [6.07, 6.45) is 0. The van der Waals surface area contributed by atoms with E-state index in [4.69, 9.17) is 0 Å². The number of amides is 2. The summed E-state index contributed by atoms with van der Waals surface area (Å²) in [4.78, 5) is 25.3. The Bertz CT molecular complexity index is 467. The molecule has 1 atom stereocenters. The summed E-state index contributed by atoms with van der Waals surface area (Å²) in [5.41, 5.74) is 1.28. The molecule has 0 unspecified atom stereocenters. The molecule has 2 N–H and O–H groups in total. The normalized spacial score (nSPS) is 12.0. The van der Waals surface area contributed by atoms with Crippen LogP contribution in [0.4, 0.5) is 5.69 Å². The van der Waals surface area contributed by atoms with Crippen LogP contribution in [0, 0.1) is 0 Å². The van der Waals surface area contributed by atoms with Crippen LogP contribution in [0.3, 0.4) is 0 Å². The highest BCUT2D eigenvalue weighted by atomic mass is 16.2. The maximum atomic E-state index is 12.1. The Morgan fingerprint density at radius 1 is 1.14 bits per heavy atom. The third-order valence-electron chi connectivity index (χ3n) is 3.46. The van der Waals surface area contributed by atoms with Gasteiger partial charge in [-0.15, -0.1) is 0 Å². The lowest BCUT2D eigenvalue weighted by Crippen LogP contribution is -2.42. The van der Waals surface area contributed by atoms with Gasteiger partial charge in [0.15, 0.2) is 0 Å². The predicted octanol–water partition coefficient (Wildman–Crippen LogP) is 2.11. The fourth-order valence-electron chi connectivity index (χ4n) is 2.23. The number of nitrogens with one attached hydrogen (secondary N) is 2. The van der Waals surface area contributed by atoms with Gasteiger partial charge in [-0.25, -0.2) is 0 Å². The number of anilines is 1. The highest BCUT2D eigenvalue weighted by Crippen LogP contribution is 2.09. The van der Waals surface area contributed by atoms with E-state index in [1.165, 1.54) is 6.92 Å². The predicted molar refractivity (Wildman–Crippen MR) is 85.5 cm³/mol. The van der Waals surface area contributed by atoms with Gasteiger partial charge in [0, 0.05) is 30.8 Å². The molecular formula is C16H25N3O2. The van der Waals surface area contributed by atoms with E-state index in [0.717, 1.165) is 13.1 Å². The van der Waals surface area contributed by atoms with Gasteiger partial charge in [0.25, 0.3) is 5.91 Å². The van der Waals surface area contributed by atoms with Crippen LogP contribution in [-0.4, -0.2) is 42.4 Å². The van der Waals surface area contributed by atoms with E-state index in [1.807, 2.05) is 0 Å². The van der Waals surface area contributed by atoms with Gasteiger partial charge in [-0.2, -0.15) is 0 Å². The minimum Gasteiger partial charge on any atom is -0.350 e. The third kappa shape index (κ3) is 5.55. The Hall–Kier alpha value is -1.88. The average molecular weight is 291 g/mol. The van der Waals surface area contributed by atoms with Gasteiger partial charge in [-0.05, 0) is 44.3 Å². The Morgan fingerprint density at radius 3 is 2.19 bits per heavy atom. The van der Waals surface area contributed by atoms with Crippen molar-refractivity contribution in [2.45, 2.75) is 33.7 Å². The van der Waals surface area contributed by atoms with Crippen LogP contribution in [0.2, 0.25) is 0 Å². The lowest BCUT2D eigenvalue weighted by atomic mass is 10.2. The number of benzene rings is 1. The van der Waals surface area contributed by atoms with Crippen LogP contribution < -0.4 is 10.6 Å². The van der Waals surface area contributed by atoms with Crippen molar-refractivity contribution in [3.8, 4) is 0 Å². The number of likely N-dealkylation sites (N-methyl/N-ethyl adjacent to an activating group) is 1. The van der Waals surface area contributed by atoms with Gasteiger partial charge in [0.1, 0.15) is 0 Å². The molecule has 116 valence electrons. The lowest BCUT2D eigenvalue weighted by Gasteiger charge is -2.26. The number of rotatable bonds is 7. The van der Waals surface area contributed by atoms with Crippen LogP contribution >= 0.6 is 0 Å². The van der Waals surface area contributed by atoms with Gasteiger partial charge in [0.2, 0.25) is 5.91 Å². The molecule has 1 aromatic rings. The molecule has 0 fully saturated rings. The molecule has 0 bridgehead atoms. The molecule has 1 rings (SSSR count). The topological polar surface area (TPSA) is 61.4 Å². The number of nitrogens with zero attached hydrogens (tertiary/aromatic N) is 1. The summed E-state index contributed by atoms with van der Waals surface area (Å²) in [6.45, 7) is 10.3. The van der Waals surface area contributed by atoms with Crippen molar-refractivity contribution >= 4 is 17.5 Å². The summed E-state index contributed by atoms with van der Waals surface area (Å²) in [7, 11) is 0. The van der Waals surface area contributed by atoms with E-state index < -0.39 is 0 Å². The zero-order chi connectivity index (χ0) is 15.8. The van der Waals surface area contributed by atoms with Gasteiger partial charge in [-0.1, -0.05) is 13.8 Å². The first-order valence-electron chi connectivity index (χ1n) is 7.37. The Balaban J connectivity index is 2.54. The monoisotopic (exact) mass is 291 g/mol. The van der Waals surface area contributed by atoms with Crippen molar-refractivity contribution in [1.82, 2.24) is 10.2 Å². The minimum absolute atomic E-state index is 0.0941. The summed E-state index contributed by atoms with van der Waals surface area (Å²) < 4.78 is 0. The quantitative estimate of drug-likeness (QED) is 0.809. The van der Waals surface area contributed by atoms with Gasteiger partial charge in [-0.3, -0.25) is 14.5 Å². The van der Waals surface area contributed by atoms with Crippen LogP contribution in [0.15, 0.2) is 24.3 Å².